The van der Waals surface area contributed by atoms with Gasteiger partial charge in [0.15, 0.2) is 0 Å². The highest BCUT2D eigenvalue weighted by molar-refractivity contribution is 6.33. The molecule has 1 aromatic rings. The lowest BCUT2D eigenvalue weighted by Gasteiger charge is -2.05. The average Bonchev–Trinajstić information content (AvgIpc) is 2.28. The standard InChI is InChI=1S/C12H16ClNO2/c1-2-3-4-7-16-12(15)9-5-6-10(13)11(14)8-9/h5-6,8H,2-4,7,14H2,1H3. The number of carbonyl (C=O) groups excluding carboxylic acids is 1. The summed E-state index contributed by atoms with van der Waals surface area (Å²) in [5.41, 5.74) is 6.43. The lowest BCUT2D eigenvalue weighted by atomic mass is 10.2. The molecule has 16 heavy (non-hydrogen) atoms. The molecule has 0 unspecified atom stereocenters. The van der Waals surface area contributed by atoms with Crippen LogP contribution in [0.5, 0.6) is 0 Å². The number of nitrogen functional groups attached to an aromatic ring is 1. The predicted octanol–water partition coefficient (Wildman–Crippen LogP) is 3.27. The Kier molecular flexibility index (Phi) is 5.12. The van der Waals surface area contributed by atoms with Gasteiger partial charge in [-0.25, -0.2) is 4.79 Å². The number of nitrogens with two attached hydrogens (primary N) is 1. The van der Waals surface area contributed by atoms with Gasteiger partial charge in [-0.2, -0.15) is 0 Å². The predicted molar refractivity (Wildman–Crippen MR) is 65.7 cm³/mol. The molecule has 1 rings (SSSR count). The summed E-state index contributed by atoms with van der Waals surface area (Å²) >= 11 is 5.75. The third kappa shape index (κ3) is 3.74. The fourth-order valence-electron chi connectivity index (χ4n) is 1.27. The first-order valence-electron chi connectivity index (χ1n) is 5.37. The number of anilines is 1. The van der Waals surface area contributed by atoms with E-state index in [1.807, 2.05) is 0 Å². The van der Waals surface area contributed by atoms with Crippen LogP contribution in [0.2, 0.25) is 5.02 Å². The van der Waals surface area contributed by atoms with Gasteiger partial charge in [-0.3, -0.25) is 0 Å². The number of hydrogen-bond acceptors (Lipinski definition) is 3. The molecule has 4 heteroatoms. The fourth-order valence-corrected chi connectivity index (χ4v) is 1.39. The van der Waals surface area contributed by atoms with E-state index < -0.39 is 0 Å². The first kappa shape index (κ1) is 12.8. The van der Waals surface area contributed by atoms with Gasteiger partial charge in [0.25, 0.3) is 0 Å². The highest BCUT2D eigenvalue weighted by atomic mass is 35.5. The van der Waals surface area contributed by atoms with Crippen molar-refractivity contribution in [3.63, 3.8) is 0 Å². The van der Waals surface area contributed by atoms with Crippen molar-refractivity contribution >= 4 is 23.3 Å². The third-order valence-electron chi connectivity index (χ3n) is 2.21. The topological polar surface area (TPSA) is 52.3 Å². The minimum absolute atomic E-state index is 0.348. The number of benzene rings is 1. The maximum Gasteiger partial charge on any atom is 0.338 e. The molecule has 88 valence electrons. The van der Waals surface area contributed by atoms with E-state index in [9.17, 15) is 4.79 Å². The van der Waals surface area contributed by atoms with Crippen molar-refractivity contribution in [1.29, 1.82) is 0 Å². The number of halogens is 1. The molecular weight excluding hydrogens is 226 g/mol. The summed E-state index contributed by atoms with van der Waals surface area (Å²) in [6, 6.07) is 4.74. The number of carbonyl (C=O) groups is 1. The molecule has 0 spiro atoms. The Balaban J connectivity index is 2.50. The number of esters is 1. The molecule has 0 aromatic heterocycles. The lowest BCUT2D eigenvalue weighted by molar-refractivity contribution is 0.0498. The van der Waals surface area contributed by atoms with Gasteiger partial charge < -0.3 is 10.5 Å². The molecule has 0 aliphatic carbocycles. The minimum atomic E-state index is -0.348. The highest BCUT2D eigenvalue weighted by Gasteiger charge is 2.08. The molecule has 0 saturated carbocycles. The van der Waals surface area contributed by atoms with Crippen LogP contribution in [0.15, 0.2) is 18.2 Å². The van der Waals surface area contributed by atoms with E-state index >= 15 is 0 Å². The van der Waals surface area contributed by atoms with Crippen molar-refractivity contribution < 1.29 is 9.53 Å². The zero-order valence-electron chi connectivity index (χ0n) is 9.33. The van der Waals surface area contributed by atoms with Crippen molar-refractivity contribution in [2.45, 2.75) is 26.2 Å². The van der Waals surface area contributed by atoms with E-state index in [2.05, 4.69) is 6.92 Å². The van der Waals surface area contributed by atoms with Crippen molar-refractivity contribution in [1.82, 2.24) is 0 Å². The SMILES string of the molecule is CCCCCOC(=O)c1ccc(Cl)c(N)c1. The Bertz CT molecular complexity index is 366. The van der Waals surface area contributed by atoms with Crippen LogP contribution < -0.4 is 5.73 Å². The molecule has 0 bridgehead atoms. The van der Waals surface area contributed by atoms with Gasteiger partial charge in [0.1, 0.15) is 0 Å². The second-order valence-corrected chi connectivity index (χ2v) is 3.99. The van der Waals surface area contributed by atoms with Crippen LogP contribution in [0.25, 0.3) is 0 Å². The van der Waals surface area contributed by atoms with E-state index in [0.29, 0.717) is 22.9 Å². The van der Waals surface area contributed by atoms with E-state index in [1.165, 1.54) is 6.07 Å². The third-order valence-corrected chi connectivity index (χ3v) is 2.56. The van der Waals surface area contributed by atoms with Gasteiger partial charge in [0.2, 0.25) is 0 Å². The highest BCUT2D eigenvalue weighted by Crippen LogP contribution is 2.19. The maximum atomic E-state index is 11.6. The summed E-state index contributed by atoms with van der Waals surface area (Å²) in [7, 11) is 0. The van der Waals surface area contributed by atoms with Crippen molar-refractivity contribution in [3.8, 4) is 0 Å². The van der Waals surface area contributed by atoms with Crippen LogP contribution in [-0.2, 0) is 4.74 Å². The van der Waals surface area contributed by atoms with Crippen LogP contribution >= 0.6 is 11.6 Å². The van der Waals surface area contributed by atoms with Crippen LogP contribution in [0.1, 0.15) is 36.5 Å². The van der Waals surface area contributed by atoms with E-state index in [-0.39, 0.29) is 5.97 Å². The summed E-state index contributed by atoms with van der Waals surface area (Å²) in [5.74, 6) is -0.348. The normalized spacial score (nSPS) is 10.1. The number of rotatable bonds is 5. The molecule has 0 aliphatic heterocycles. The van der Waals surface area contributed by atoms with Gasteiger partial charge in [0.05, 0.1) is 22.9 Å². The fraction of sp³-hybridized carbons (Fsp3) is 0.417. The second-order valence-electron chi connectivity index (χ2n) is 3.58. The van der Waals surface area contributed by atoms with Gasteiger partial charge in [-0.05, 0) is 24.6 Å². The Morgan fingerprint density at radius 2 is 2.19 bits per heavy atom. The number of ether oxygens (including phenoxy) is 1. The summed E-state index contributed by atoms with van der Waals surface area (Å²) in [4.78, 5) is 11.6. The summed E-state index contributed by atoms with van der Waals surface area (Å²) in [6.07, 6.45) is 3.06. The molecular formula is C12H16ClNO2. The monoisotopic (exact) mass is 241 g/mol. The smallest absolute Gasteiger partial charge is 0.338 e. The van der Waals surface area contributed by atoms with Crippen molar-refractivity contribution in [3.05, 3.63) is 28.8 Å². The largest absolute Gasteiger partial charge is 0.462 e. The van der Waals surface area contributed by atoms with Gasteiger partial charge in [-0.1, -0.05) is 31.4 Å². The molecule has 3 nitrogen and oxygen atoms in total. The lowest BCUT2D eigenvalue weighted by Crippen LogP contribution is -2.07. The van der Waals surface area contributed by atoms with Crippen LogP contribution in [0.4, 0.5) is 5.69 Å². The van der Waals surface area contributed by atoms with Crippen LogP contribution in [0.3, 0.4) is 0 Å². The van der Waals surface area contributed by atoms with Gasteiger partial charge in [-0.15, -0.1) is 0 Å². The summed E-state index contributed by atoms with van der Waals surface area (Å²) in [6.45, 7) is 2.55. The molecule has 0 heterocycles. The van der Waals surface area contributed by atoms with Crippen molar-refractivity contribution in [2.24, 2.45) is 0 Å². The molecule has 0 atom stereocenters. The average molecular weight is 242 g/mol. The van der Waals surface area contributed by atoms with Gasteiger partial charge >= 0.3 is 5.97 Å². The molecule has 0 fully saturated rings. The molecule has 0 amide bonds. The minimum Gasteiger partial charge on any atom is -0.462 e. The Morgan fingerprint density at radius 1 is 1.44 bits per heavy atom. The first-order valence-corrected chi connectivity index (χ1v) is 5.75. The Morgan fingerprint density at radius 3 is 2.81 bits per heavy atom. The van der Waals surface area contributed by atoms with Crippen LogP contribution in [-0.4, -0.2) is 12.6 Å². The Labute approximate surface area is 101 Å². The molecule has 0 aliphatic rings. The van der Waals surface area contributed by atoms with E-state index in [4.69, 9.17) is 22.1 Å². The second kappa shape index (κ2) is 6.38. The maximum absolute atomic E-state index is 11.6. The number of hydrogen-bond donors (Lipinski definition) is 1. The van der Waals surface area contributed by atoms with E-state index in [0.717, 1.165) is 19.3 Å². The van der Waals surface area contributed by atoms with E-state index in [1.54, 1.807) is 12.1 Å². The summed E-state index contributed by atoms with van der Waals surface area (Å²) < 4.78 is 5.09. The first-order chi connectivity index (χ1) is 7.65. The zero-order valence-corrected chi connectivity index (χ0v) is 10.1. The van der Waals surface area contributed by atoms with Crippen molar-refractivity contribution in [2.75, 3.05) is 12.3 Å². The zero-order chi connectivity index (χ0) is 12.0. The summed E-state index contributed by atoms with van der Waals surface area (Å²) in [5, 5.41) is 0.447. The molecule has 1 aromatic carbocycles. The Hall–Kier alpha value is -1.22. The molecule has 0 saturated heterocycles. The van der Waals surface area contributed by atoms with Crippen LogP contribution in [0, 0.1) is 0 Å². The van der Waals surface area contributed by atoms with Gasteiger partial charge in [0, 0.05) is 0 Å². The molecule has 0 radical (unpaired) electrons. The molecule has 2 N–H and O–H groups in total. The quantitative estimate of drug-likeness (QED) is 0.489. The number of unbranched alkanes of at least 4 members (excludes halogenated alkanes) is 2.